The van der Waals surface area contributed by atoms with Crippen molar-refractivity contribution in [2.45, 2.75) is 17.6 Å². The fraction of sp³-hybridized carbons (Fsp3) is 0.185. The molecule has 0 spiro atoms. The molecule has 2 heterocycles. The quantitative estimate of drug-likeness (QED) is 0.437. The number of anilines is 1. The van der Waals surface area contributed by atoms with E-state index in [4.69, 9.17) is 4.74 Å². The summed E-state index contributed by atoms with van der Waals surface area (Å²) in [6.07, 6.45) is 0. The first-order chi connectivity index (χ1) is 17.0. The number of thioether (sulfide) groups is 1. The lowest BCUT2D eigenvalue weighted by molar-refractivity contribution is -0.125. The van der Waals surface area contributed by atoms with Crippen LogP contribution in [0, 0.1) is 5.82 Å². The molecule has 5 rings (SSSR count). The average Bonchev–Trinajstić information content (AvgIpc) is 3.06. The van der Waals surface area contributed by atoms with E-state index in [1.807, 2.05) is 60.1 Å². The molecule has 0 saturated carbocycles. The van der Waals surface area contributed by atoms with E-state index in [9.17, 15) is 14.0 Å². The standard InChI is InChI=1S/C27H24FN3O3S/c1-30-21-9-5-4-8-20(21)24-25(26(33)29-15-17-7-3-6-10-22(17)34-2)31(23(32)16-35-27(24)30)19-13-11-18(28)12-14-19/h3-14,25H,15-16H2,1-2H3,(H,29,33)/t25-/m1/s1. The number of carbonyl (C=O) groups is 2. The molecule has 0 bridgehead atoms. The maximum Gasteiger partial charge on any atom is 0.248 e. The number of carbonyl (C=O) groups excluding carboxylic acids is 2. The van der Waals surface area contributed by atoms with Gasteiger partial charge in [-0.3, -0.25) is 14.5 Å². The predicted octanol–water partition coefficient (Wildman–Crippen LogP) is 4.82. The summed E-state index contributed by atoms with van der Waals surface area (Å²) in [5, 5.41) is 4.77. The molecule has 0 saturated heterocycles. The van der Waals surface area contributed by atoms with Crippen molar-refractivity contribution in [3.63, 3.8) is 0 Å². The molecular weight excluding hydrogens is 465 g/mol. The summed E-state index contributed by atoms with van der Waals surface area (Å²) in [7, 11) is 3.52. The second-order valence-corrected chi connectivity index (χ2v) is 9.22. The van der Waals surface area contributed by atoms with Gasteiger partial charge in [0.1, 0.15) is 17.6 Å². The molecule has 1 atom stereocenters. The number of amides is 2. The molecule has 3 aromatic carbocycles. The van der Waals surface area contributed by atoms with E-state index in [1.54, 1.807) is 7.11 Å². The molecule has 4 aromatic rings. The van der Waals surface area contributed by atoms with E-state index in [0.29, 0.717) is 11.4 Å². The van der Waals surface area contributed by atoms with Gasteiger partial charge in [0.15, 0.2) is 0 Å². The van der Waals surface area contributed by atoms with Crippen LogP contribution in [0.4, 0.5) is 10.1 Å². The van der Waals surface area contributed by atoms with Crippen LogP contribution >= 0.6 is 11.8 Å². The normalized spacial score (nSPS) is 15.6. The van der Waals surface area contributed by atoms with Gasteiger partial charge in [-0.05, 0) is 36.4 Å². The largest absolute Gasteiger partial charge is 0.496 e. The van der Waals surface area contributed by atoms with Crippen molar-refractivity contribution < 1.29 is 18.7 Å². The predicted molar refractivity (Wildman–Crippen MR) is 135 cm³/mol. The third-order valence-electron chi connectivity index (χ3n) is 6.22. The number of benzene rings is 3. The van der Waals surface area contributed by atoms with Crippen LogP contribution in [-0.4, -0.2) is 29.2 Å². The average molecular weight is 490 g/mol. The minimum atomic E-state index is -0.932. The Balaban J connectivity index is 1.63. The van der Waals surface area contributed by atoms with Crippen LogP contribution in [0.25, 0.3) is 10.9 Å². The van der Waals surface area contributed by atoms with Gasteiger partial charge in [0.2, 0.25) is 11.8 Å². The number of halogens is 1. The van der Waals surface area contributed by atoms with E-state index in [1.165, 1.54) is 40.9 Å². The minimum absolute atomic E-state index is 0.158. The van der Waals surface area contributed by atoms with E-state index in [0.717, 1.165) is 27.1 Å². The number of hydrogen-bond donors (Lipinski definition) is 1. The van der Waals surface area contributed by atoms with E-state index < -0.39 is 11.9 Å². The number of methoxy groups -OCH3 is 1. The molecule has 8 heteroatoms. The second-order valence-electron chi connectivity index (χ2n) is 8.26. The van der Waals surface area contributed by atoms with Crippen molar-refractivity contribution in [2.24, 2.45) is 7.05 Å². The van der Waals surface area contributed by atoms with Gasteiger partial charge in [-0.25, -0.2) is 4.39 Å². The molecule has 1 aliphatic rings. The lowest BCUT2D eigenvalue weighted by Gasteiger charge is -2.30. The zero-order valence-corrected chi connectivity index (χ0v) is 20.1. The van der Waals surface area contributed by atoms with E-state index in [-0.39, 0.29) is 24.1 Å². The monoisotopic (exact) mass is 489 g/mol. The zero-order chi connectivity index (χ0) is 24.5. The Hall–Kier alpha value is -3.78. The number of hydrogen-bond acceptors (Lipinski definition) is 4. The lowest BCUT2D eigenvalue weighted by atomic mass is 10.0. The van der Waals surface area contributed by atoms with Gasteiger partial charge in [-0.2, -0.15) is 0 Å². The summed E-state index contributed by atoms with van der Waals surface area (Å²) in [5.41, 5.74) is 3.03. The SMILES string of the molecule is COc1ccccc1CNC(=O)[C@H]1c2c(n(C)c3ccccc23)SCC(=O)N1c1ccc(F)cc1. The molecule has 2 amide bonds. The second kappa shape index (κ2) is 9.46. The molecule has 1 N–H and O–H groups in total. The number of para-hydroxylation sites is 2. The van der Waals surface area contributed by atoms with Crippen LogP contribution in [0.3, 0.4) is 0 Å². The molecule has 1 aromatic heterocycles. The van der Waals surface area contributed by atoms with E-state index in [2.05, 4.69) is 5.32 Å². The fourth-order valence-electron chi connectivity index (χ4n) is 4.58. The molecule has 35 heavy (non-hydrogen) atoms. The van der Waals surface area contributed by atoms with E-state index >= 15 is 0 Å². The van der Waals surface area contributed by atoms with Crippen molar-refractivity contribution in [3.05, 3.63) is 89.7 Å². The lowest BCUT2D eigenvalue weighted by Crippen LogP contribution is -2.43. The zero-order valence-electron chi connectivity index (χ0n) is 19.3. The Kier molecular flexibility index (Phi) is 6.21. The number of aromatic nitrogens is 1. The summed E-state index contributed by atoms with van der Waals surface area (Å²) in [5.74, 6) is -0.131. The van der Waals surface area contributed by atoms with Crippen molar-refractivity contribution in [2.75, 3.05) is 17.8 Å². The number of fused-ring (bicyclic) bond motifs is 3. The Morgan fingerprint density at radius 3 is 2.57 bits per heavy atom. The summed E-state index contributed by atoms with van der Waals surface area (Å²) in [6.45, 7) is 0.234. The minimum Gasteiger partial charge on any atom is -0.496 e. The first kappa shape index (κ1) is 23.0. The van der Waals surface area contributed by atoms with Gasteiger partial charge in [0, 0.05) is 41.3 Å². The van der Waals surface area contributed by atoms with Crippen LogP contribution in [0.1, 0.15) is 17.2 Å². The Morgan fingerprint density at radius 2 is 1.80 bits per heavy atom. The molecule has 6 nitrogen and oxygen atoms in total. The van der Waals surface area contributed by atoms with Crippen molar-refractivity contribution in [3.8, 4) is 5.75 Å². The highest BCUT2D eigenvalue weighted by atomic mass is 32.2. The molecule has 0 unspecified atom stereocenters. The molecule has 0 radical (unpaired) electrons. The number of nitrogens with one attached hydrogen (secondary N) is 1. The molecule has 1 aliphatic heterocycles. The molecule has 0 fully saturated rings. The molecule has 178 valence electrons. The Labute approximate surface area is 206 Å². The smallest absolute Gasteiger partial charge is 0.248 e. The summed E-state index contributed by atoms with van der Waals surface area (Å²) >= 11 is 1.41. The van der Waals surface area contributed by atoms with Crippen LogP contribution in [0.5, 0.6) is 5.75 Å². The van der Waals surface area contributed by atoms with Crippen LogP contribution < -0.4 is 15.0 Å². The highest BCUT2D eigenvalue weighted by molar-refractivity contribution is 8.00. The van der Waals surface area contributed by atoms with Crippen molar-refractivity contribution in [1.29, 1.82) is 0 Å². The van der Waals surface area contributed by atoms with Crippen molar-refractivity contribution in [1.82, 2.24) is 9.88 Å². The van der Waals surface area contributed by atoms with Crippen molar-refractivity contribution >= 4 is 40.2 Å². The van der Waals surface area contributed by atoms with Gasteiger partial charge in [-0.1, -0.05) is 48.2 Å². The van der Waals surface area contributed by atoms with Crippen LogP contribution in [0.2, 0.25) is 0 Å². The Morgan fingerprint density at radius 1 is 1.09 bits per heavy atom. The van der Waals surface area contributed by atoms with Gasteiger partial charge in [-0.15, -0.1) is 0 Å². The number of rotatable bonds is 5. The van der Waals surface area contributed by atoms with Gasteiger partial charge in [0.25, 0.3) is 0 Å². The number of nitrogens with zero attached hydrogens (tertiary/aromatic N) is 2. The first-order valence-corrected chi connectivity index (χ1v) is 12.2. The van der Waals surface area contributed by atoms with Gasteiger partial charge >= 0.3 is 0 Å². The summed E-state index contributed by atoms with van der Waals surface area (Å²) in [6, 6.07) is 20.0. The number of aryl methyl sites for hydroxylation is 1. The topological polar surface area (TPSA) is 63.6 Å². The van der Waals surface area contributed by atoms with Gasteiger partial charge < -0.3 is 14.6 Å². The maximum atomic E-state index is 13.9. The Bertz CT molecular complexity index is 1420. The fourth-order valence-corrected chi connectivity index (χ4v) is 5.65. The van der Waals surface area contributed by atoms with Gasteiger partial charge in [0.05, 0.1) is 17.9 Å². The highest BCUT2D eigenvalue weighted by Gasteiger charge is 2.39. The third-order valence-corrected chi connectivity index (χ3v) is 7.38. The van der Waals surface area contributed by atoms with Crippen LogP contribution in [-0.2, 0) is 23.2 Å². The molecule has 0 aliphatic carbocycles. The summed E-state index contributed by atoms with van der Waals surface area (Å²) in [4.78, 5) is 28.8. The van der Waals surface area contributed by atoms with Crippen LogP contribution in [0.15, 0.2) is 77.8 Å². The highest BCUT2D eigenvalue weighted by Crippen LogP contribution is 2.43. The maximum absolute atomic E-state index is 13.9. The first-order valence-electron chi connectivity index (χ1n) is 11.2. The molecular formula is C27H24FN3O3S. The third kappa shape index (κ3) is 4.14. The summed E-state index contributed by atoms with van der Waals surface area (Å²) < 4.78 is 21.2. The number of ether oxygens (including phenoxy) is 1.